The van der Waals surface area contributed by atoms with Crippen molar-refractivity contribution >= 4 is 0 Å². The zero-order chi connectivity index (χ0) is 14.3. The molecule has 0 spiro atoms. The monoisotopic (exact) mass is 264 g/mol. The van der Waals surface area contributed by atoms with Crippen LogP contribution in [0.2, 0.25) is 0 Å². The van der Waals surface area contributed by atoms with Crippen LogP contribution in [0.5, 0.6) is 5.75 Å². The summed E-state index contributed by atoms with van der Waals surface area (Å²) >= 11 is 0. The fourth-order valence-corrected chi connectivity index (χ4v) is 2.26. The molecule has 0 aliphatic heterocycles. The van der Waals surface area contributed by atoms with Gasteiger partial charge in [-0.15, -0.1) is 0 Å². The Hall–Kier alpha value is -1.06. The zero-order valence-electron chi connectivity index (χ0n) is 13.0. The van der Waals surface area contributed by atoms with Crippen molar-refractivity contribution in [2.45, 2.75) is 39.8 Å². The van der Waals surface area contributed by atoms with Gasteiger partial charge >= 0.3 is 0 Å². The number of methoxy groups -OCH3 is 1. The van der Waals surface area contributed by atoms with Gasteiger partial charge in [0, 0.05) is 18.2 Å². The van der Waals surface area contributed by atoms with E-state index in [1.165, 1.54) is 17.5 Å². The van der Waals surface area contributed by atoms with E-state index in [0.717, 1.165) is 25.4 Å². The standard InChI is InChI=1S/C16H28N2O/c1-6-10-18(7-2)12-15-11-14(13(3)17-4)8-9-16(15)19-5/h8-9,11,13,17H,6-7,10,12H2,1-5H3. The second-order valence-electron chi connectivity index (χ2n) is 4.95. The highest BCUT2D eigenvalue weighted by Crippen LogP contribution is 2.24. The summed E-state index contributed by atoms with van der Waals surface area (Å²) in [7, 11) is 3.74. The van der Waals surface area contributed by atoms with E-state index in [1.54, 1.807) is 7.11 Å². The summed E-state index contributed by atoms with van der Waals surface area (Å²) in [5.74, 6) is 0.988. The van der Waals surface area contributed by atoms with E-state index in [0.29, 0.717) is 6.04 Å². The van der Waals surface area contributed by atoms with Crippen LogP contribution in [0.4, 0.5) is 0 Å². The van der Waals surface area contributed by atoms with Gasteiger partial charge in [-0.2, -0.15) is 0 Å². The van der Waals surface area contributed by atoms with Crippen molar-refractivity contribution in [1.82, 2.24) is 10.2 Å². The maximum absolute atomic E-state index is 5.49. The van der Waals surface area contributed by atoms with Gasteiger partial charge in [0.1, 0.15) is 5.75 Å². The van der Waals surface area contributed by atoms with Crippen LogP contribution in [0.15, 0.2) is 18.2 Å². The van der Waals surface area contributed by atoms with Gasteiger partial charge in [0.15, 0.2) is 0 Å². The van der Waals surface area contributed by atoms with Gasteiger partial charge in [-0.3, -0.25) is 4.90 Å². The van der Waals surface area contributed by atoms with Crippen LogP contribution in [0.3, 0.4) is 0 Å². The number of hydrogen-bond acceptors (Lipinski definition) is 3. The third kappa shape index (κ3) is 4.51. The molecule has 0 aromatic heterocycles. The molecule has 0 heterocycles. The maximum Gasteiger partial charge on any atom is 0.123 e. The van der Waals surface area contributed by atoms with Gasteiger partial charge in [0.2, 0.25) is 0 Å². The summed E-state index contributed by atoms with van der Waals surface area (Å²) in [4.78, 5) is 2.45. The summed E-state index contributed by atoms with van der Waals surface area (Å²) in [6.45, 7) is 9.77. The average Bonchev–Trinajstić information content (AvgIpc) is 2.45. The van der Waals surface area contributed by atoms with Gasteiger partial charge in [-0.1, -0.05) is 19.9 Å². The Morgan fingerprint density at radius 1 is 1.32 bits per heavy atom. The second kappa shape index (κ2) is 8.18. The van der Waals surface area contributed by atoms with E-state index in [1.807, 2.05) is 7.05 Å². The van der Waals surface area contributed by atoms with Gasteiger partial charge < -0.3 is 10.1 Å². The number of hydrogen-bond donors (Lipinski definition) is 1. The molecule has 1 N–H and O–H groups in total. The molecule has 3 nitrogen and oxygen atoms in total. The predicted molar refractivity (Wildman–Crippen MR) is 81.7 cm³/mol. The molecular weight excluding hydrogens is 236 g/mol. The number of nitrogens with one attached hydrogen (secondary N) is 1. The van der Waals surface area contributed by atoms with Crippen molar-refractivity contribution in [3.63, 3.8) is 0 Å². The first-order valence-corrected chi connectivity index (χ1v) is 7.22. The summed E-state index contributed by atoms with van der Waals surface area (Å²) < 4.78 is 5.49. The van der Waals surface area contributed by atoms with E-state index in [9.17, 15) is 0 Å². The van der Waals surface area contributed by atoms with Crippen LogP contribution in [0, 0.1) is 0 Å². The molecule has 0 saturated carbocycles. The molecule has 1 aromatic rings. The molecule has 0 saturated heterocycles. The SMILES string of the molecule is CCCN(CC)Cc1cc(C(C)NC)ccc1OC. The molecule has 3 heteroatoms. The van der Waals surface area contributed by atoms with Crippen LogP contribution in [0.1, 0.15) is 44.4 Å². The normalized spacial score (nSPS) is 12.7. The van der Waals surface area contributed by atoms with Crippen molar-refractivity contribution in [3.8, 4) is 5.75 Å². The molecule has 0 aliphatic carbocycles. The highest BCUT2D eigenvalue weighted by atomic mass is 16.5. The molecule has 1 rings (SSSR count). The average molecular weight is 264 g/mol. The molecule has 1 atom stereocenters. The lowest BCUT2D eigenvalue weighted by Crippen LogP contribution is -2.24. The molecule has 0 aliphatic rings. The number of benzene rings is 1. The number of ether oxygens (including phenoxy) is 1. The maximum atomic E-state index is 5.49. The van der Waals surface area contributed by atoms with Gasteiger partial charge in [-0.25, -0.2) is 0 Å². The van der Waals surface area contributed by atoms with Crippen molar-refractivity contribution in [3.05, 3.63) is 29.3 Å². The fourth-order valence-electron chi connectivity index (χ4n) is 2.26. The van der Waals surface area contributed by atoms with Crippen molar-refractivity contribution < 1.29 is 4.74 Å². The van der Waals surface area contributed by atoms with E-state index in [-0.39, 0.29) is 0 Å². The lowest BCUT2D eigenvalue weighted by Gasteiger charge is -2.22. The molecule has 1 unspecified atom stereocenters. The van der Waals surface area contributed by atoms with E-state index < -0.39 is 0 Å². The molecule has 0 bridgehead atoms. The van der Waals surface area contributed by atoms with Crippen LogP contribution in [0.25, 0.3) is 0 Å². The van der Waals surface area contributed by atoms with Crippen molar-refractivity contribution in [1.29, 1.82) is 0 Å². The van der Waals surface area contributed by atoms with Crippen molar-refractivity contribution in [2.24, 2.45) is 0 Å². The molecular formula is C16H28N2O. The molecule has 0 radical (unpaired) electrons. The lowest BCUT2D eigenvalue weighted by atomic mass is 10.0. The highest BCUT2D eigenvalue weighted by Gasteiger charge is 2.11. The van der Waals surface area contributed by atoms with Gasteiger partial charge in [0.25, 0.3) is 0 Å². The quantitative estimate of drug-likeness (QED) is 0.780. The van der Waals surface area contributed by atoms with Gasteiger partial charge in [0.05, 0.1) is 7.11 Å². The Labute approximate surface area is 118 Å². The van der Waals surface area contributed by atoms with Crippen LogP contribution < -0.4 is 10.1 Å². The summed E-state index contributed by atoms with van der Waals surface area (Å²) in [5, 5.41) is 3.28. The lowest BCUT2D eigenvalue weighted by molar-refractivity contribution is 0.275. The van der Waals surface area contributed by atoms with Crippen LogP contribution in [-0.2, 0) is 6.54 Å². The zero-order valence-corrected chi connectivity index (χ0v) is 13.0. The van der Waals surface area contributed by atoms with Crippen molar-refractivity contribution in [2.75, 3.05) is 27.2 Å². The predicted octanol–water partition coefficient (Wildman–Crippen LogP) is 3.21. The Morgan fingerprint density at radius 3 is 2.58 bits per heavy atom. The van der Waals surface area contributed by atoms with E-state index in [4.69, 9.17) is 4.74 Å². The first-order valence-electron chi connectivity index (χ1n) is 7.22. The summed E-state index contributed by atoms with van der Waals surface area (Å²) in [5.41, 5.74) is 2.59. The molecule has 0 amide bonds. The molecule has 108 valence electrons. The Balaban J connectivity index is 2.94. The Kier molecular flexibility index (Phi) is 6.89. The summed E-state index contributed by atoms with van der Waals surface area (Å²) in [6, 6.07) is 6.85. The number of nitrogens with zero attached hydrogens (tertiary/aromatic N) is 1. The van der Waals surface area contributed by atoms with Gasteiger partial charge in [-0.05, 0) is 51.2 Å². The molecule has 1 aromatic carbocycles. The largest absolute Gasteiger partial charge is 0.496 e. The minimum Gasteiger partial charge on any atom is -0.496 e. The summed E-state index contributed by atoms with van der Waals surface area (Å²) in [6.07, 6.45) is 1.18. The fraction of sp³-hybridized carbons (Fsp3) is 0.625. The molecule has 0 fully saturated rings. The van der Waals surface area contributed by atoms with E-state index >= 15 is 0 Å². The number of rotatable bonds is 8. The van der Waals surface area contributed by atoms with E-state index in [2.05, 4.69) is 49.2 Å². The Bertz CT molecular complexity index is 379. The minimum atomic E-state index is 0.367. The Morgan fingerprint density at radius 2 is 2.05 bits per heavy atom. The topological polar surface area (TPSA) is 24.5 Å². The van der Waals surface area contributed by atoms with Crippen LogP contribution >= 0.6 is 0 Å². The second-order valence-corrected chi connectivity index (χ2v) is 4.95. The van der Waals surface area contributed by atoms with Crippen LogP contribution in [-0.4, -0.2) is 32.1 Å². The molecule has 19 heavy (non-hydrogen) atoms. The minimum absolute atomic E-state index is 0.367. The third-order valence-corrected chi connectivity index (χ3v) is 3.62. The first-order chi connectivity index (χ1) is 9.15. The smallest absolute Gasteiger partial charge is 0.123 e. The first kappa shape index (κ1) is 16.0. The highest BCUT2D eigenvalue weighted by molar-refractivity contribution is 5.38. The third-order valence-electron chi connectivity index (χ3n) is 3.62.